The van der Waals surface area contributed by atoms with Crippen molar-refractivity contribution < 1.29 is 13.9 Å². The molecule has 1 aliphatic carbocycles. The van der Waals surface area contributed by atoms with Crippen LogP contribution in [0, 0.1) is 11.7 Å². The van der Waals surface area contributed by atoms with Gasteiger partial charge in [-0.25, -0.2) is 4.39 Å². The SMILES string of the molecule is O=C(Nc1ccc(OCc2c(F)cccc2Cl)cc1)C1CC1. The zero-order valence-electron chi connectivity index (χ0n) is 11.8. The lowest BCUT2D eigenvalue weighted by atomic mass is 10.2. The molecule has 0 aliphatic heterocycles. The minimum atomic E-state index is -0.388. The highest BCUT2D eigenvalue weighted by Crippen LogP contribution is 2.30. The molecule has 2 aromatic carbocycles. The molecule has 1 saturated carbocycles. The van der Waals surface area contributed by atoms with Gasteiger partial charge in [0.2, 0.25) is 5.91 Å². The fourth-order valence-electron chi connectivity index (χ4n) is 2.05. The predicted molar refractivity (Wildman–Crippen MR) is 83.5 cm³/mol. The first-order valence-corrected chi connectivity index (χ1v) is 7.48. The van der Waals surface area contributed by atoms with E-state index in [2.05, 4.69) is 5.32 Å². The number of carbonyl (C=O) groups excluding carboxylic acids is 1. The Bertz CT molecular complexity index is 663. The molecule has 0 spiro atoms. The van der Waals surface area contributed by atoms with Gasteiger partial charge in [-0.2, -0.15) is 0 Å². The van der Waals surface area contributed by atoms with Gasteiger partial charge in [0.1, 0.15) is 18.2 Å². The lowest BCUT2D eigenvalue weighted by molar-refractivity contribution is -0.117. The molecule has 0 aromatic heterocycles. The van der Waals surface area contributed by atoms with Crippen LogP contribution >= 0.6 is 11.6 Å². The van der Waals surface area contributed by atoms with Gasteiger partial charge in [-0.1, -0.05) is 17.7 Å². The molecule has 1 amide bonds. The first-order valence-electron chi connectivity index (χ1n) is 7.10. The Hall–Kier alpha value is -2.07. The third-order valence-electron chi connectivity index (χ3n) is 3.51. The lowest BCUT2D eigenvalue weighted by Crippen LogP contribution is -2.13. The molecule has 0 atom stereocenters. The van der Waals surface area contributed by atoms with Crippen molar-refractivity contribution in [2.24, 2.45) is 5.92 Å². The Balaban J connectivity index is 1.60. The normalized spacial score (nSPS) is 13.7. The maximum atomic E-state index is 13.6. The zero-order chi connectivity index (χ0) is 15.5. The Morgan fingerprint density at radius 3 is 2.59 bits per heavy atom. The molecule has 3 nitrogen and oxygen atoms in total. The third kappa shape index (κ3) is 3.57. The number of carbonyl (C=O) groups is 1. The number of nitrogens with one attached hydrogen (secondary N) is 1. The second kappa shape index (κ2) is 6.36. The number of benzene rings is 2. The van der Waals surface area contributed by atoms with Gasteiger partial charge in [-0.05, 0) is 49.2 Å². The van der Waals surface area contributed by atoms with E-state index in [1.165, 1.54) is 6.07 Å². The molecule has 1 aliphatic rings. The standard InChI is InChI=1S/C17H15ClFNO2/c18-15-2-1-3-16(19)14(15)10-22-13-8-6-12(7-9-13)20-17(21)11-4-5-11/h1-3,6-9,11H,4-5,10H2,(H,20,21). The van der Waals surface area contributed by atoms with E-state index in [4.69, 9.17) is 16.3 Å². The van der Waals surface area contributed by atoms with E-state index in [0.29, 0.717) is 16.3 Å². The van der Waals surface area contributed by atoms with E-state index in [0.717, 1.165) is 18.5 Å². The number of anilines is 1. The summed E-state index contributed by atoms with van der Waals surface area (Å²) in [6, 6.07) is 11.5. The second-order valence-corrected chi connectivity index (χ2v) is 5.68. The summed E-state index contributed by atoms with van der Waals surface area (Å²) in [7, 11) is 0. The Labute approximate surface area is 133 Å². The van der Waals surface area contributed by atoms with E-state index >= 15 is 0 Å². The Morgan fingerprint density at radius 1 is 1.23 bits per heavy atom. The molecule has 5 heteroatoms. The van der Waals surface area contributed by atoms with Crippen molar-refractivity contribution in [3.8, 4) is 5.75 Å². The average Bonchev–Trinajstić information content (AvgIpc) is 3.33. The molecule has 0 heterocycles. The van der Waals surface area contributed by atoms with Crippen molar-refractivity contribution in [1.29, 1.82) is 0 Å². The highest BCUT2D eigenvalue weighted by atomic mass is 35.5. The van der Waals surface area contributed by atoms with Crippen molar-refractivity contribution in [3.05, 3.63) is 58.9 Å². The third-order valence-corrected chi connectivity index (χ3v) is 3.87. The molecular weight excluding hydrogens is 305 g/mol. The van der Waals surface area contributed by atoms with Gasteiger partial charge in [0.05, 0.1) is 5.02 Å². The summed E-state index contributed by atoms with van der Waals surface area (Å²) >= 11 is 5.95. The van der Waals surface area contributed by atoms with Crippen LogP contribution < -0.4 is 10.1 Å². The summed E-state index contributed by atoms with van der Waals surface area (Å²) in [4.78, 5) is 11.6. The minimum absolute atomic E-state index is 0.0548. The molecule has 0 saturated heterocycles. The van der Waals surface area contributed by atoms with Crippen LogP contribution in [-0.4, -0.2) is 5.91 Å². The molecule has 114 valence electrons. The molecule has 22 heavy (non-hydrogen) atoms. The summed E-state index contributed by atoms with van der Waals surface area (Å²) in [5.74, 6) is 0.426. The van der Waals surface area contributed by atoms with Gasteiger partial charge in [0, 0.05) is 17.2 Å². The molecule has 0 radical (unpaired) electrons. The van der Waals surface area contributed by atoms with Crippen molar-refractivity contribution in [2.45, 2.75) is 19.4 Å². The minimum Gasteiger partial charge on any atom is -0.489 e. The van der Waals surface area contributed by atoms with Gasteiger partial charge in [-0.3, -0.25) is 4.79 Å². The van der Waals surface area contributed by atoms with E-state index in [-0.39, 0.29) is 24.2 Å². The average molecular weight is 320 g/mol. The molecule has 0 unspecified atom stereocenters. The first kappa shape index (κ1) is 14.9. The number of ether oxygens (including phenoxy) is 1. The highest BCUT2D eigenvalue weighted by molar-refractivity contribution is 6.31. The highest BCUT2D eigenvalue weighted by Gasteiger charge is 2.29. The summed E-state index contributed by atoms with van der Waals surface area (Å²) in [5.41, 5.74) is 1.06. The van der Waals surface area contributed by atoms with Crippen molar-refractivity contribution in [3.63, 3.8) is 0 Å². The molecule has 1 fully saturated rings. The smallest absolute Gasteiger partial charge is 0.227 e. The number of hydrogen-bond donors (Lipinski definition) is 1. The van der Waals surface area contributed by atoms with Crippen LogP contribution in [0.5, 0.6) is 5.75 Å². The number of rotatable bonds is 5. The number of halogens is 2. The maximum absolute atomic E-state index is 13.6. The predicted octanol–water partition coefficient (Wildman–Crippen LogP) is 4.41. The quantitative estimate of drug-likeness (QED) is 0.886. The van der Waals surface area contributed by atoms with Gasteiger partial charge in [-0.15, -0.1) is 0 Å². The molecule has 2 aromatic rings. The van der Waals surface area contributed by atoms with Crippen LogP contribution in [0.15, 0.2) is 42.5 Å². The van der Waals surface area contributed by atoms with E-state index in [9.17, 15) is 9.18 Å². The van der Waals surface area contributed by atoms with Crippen molar-refractivity contribution >= 4 is 23.2 Å². The monoisotopic (exact) mass is 319 g/mol. The first-order chi connectivity index (χ1) is 10.6. The van der Waals surface area contributed by atoms with Crippen molar-refractivity contribution in [1.82, 2.24) is 0 Å². The van der Waals surface area contributed by atoms with Gasteiger partial charge < -0.3 is 10.1 Å². The Kier molecular flexibility index (Phi) is 4.29. The van der Waals surface area contributed by atoms with E-state index < -0.39 is 0 Å². The van der Waals surface area contributed by atoms with Gasteiger partial charge in [0.15, 0.2) is 0 Å². The van der Waals surface area contributed by atoms with Gasteiger partial charge in [0.25, 0.3) is 0 Å². The van der Waals surface area contributed by atoms with Crippen molar-refractivity contribution in [2.75, 3.05) is 5.32 Å². The van der Waals surface area contributed by atoms with Crippen LogP contribution in [0.3, 0.4) is 0 Å². The summed E-state index contributed by atoms with van der Waals surface area (Å²) in [6.45, 7) is 0.0548. The maximum Gasteiger partial charge on any atom is 0.227 e. The largest absolute Gasteiger partial charge is 0.489 e. The summed E-state index contributed by atoms with van der Waals surface area (Å²) < 4.78 is 19.2. The number of amides is 1. The van der Waals surface area contributed by atoms with Crippen LogP contribution in [0.4, 0.5) is 10.1 Å². The van der Waals surface area contributed by atoms with Gasteiger partial charge >= 0.3 is 0 Å². The lowest BCUT2D eigenvalue weighted by Gasteiger charge is -2.10. The van der Waals surface area contributed by atoms with E-state index in [1.807, 2.05) is 0 Å². The van der Waals surface area contributed by atoms with E-state index in [1.54, 1.807) is 36.4 Å². The van der Waals surface area contributed by atoms with Crippen LogP contribution in [0.1, 0.15) is 18.4 Å². The van der Waals surface area contributed by atoms with Crippen LogP contribution in [0.25, 0.3) is 0 Å². The molecular formula is C17H15ClFNO2. The zero-order valence-corrected chi connectivity index (χ0v) is 12.6. The Morgan fingerprint density at radius 2 is 1.95 bits per heavy atom. The second-order valence-electron chi connectivity index (χ2n) is 5.28. The molecule has 3 rings (SSSR count). The fourth-order valence-corrected chi connectivity index (χ4v) is 2.27. The molecule has 1 N–H and O–H groups in total. The van der Waals surface area contributed by atoms with Crippen LogP contribution in [-0.2, 0) is 11.4 Å². The fraction of sp³-hybridized carbons (Fsp3) is 0.235. The topological polar surface area (TPSA) is 38.3 Å². The molecule has 0 bridgehead atoms. The summed E-state index contributed by atoms with van der Waals surface area (Å²) in [6.07, 6.45) is 1.94. The number of hydrogen-bond acceptors (Lipinski definition) is 2. The van der Waals surface area contributed by atoms with Crippen LogP contribution in [0.2, 0.25) is 5.02 Å². The summed E-state index contributed by atoms with van der Waals surface area (Å²) in [5, 5.41) is 3.19.